The first-order valence-corrected chi connectivity index (χ1v) is 6.72. The van der Waals surface area contributed by atoms with Gasteiger partial charge >= 0.3 is 0 Å². The van der Waals surface area contributed by atoms with Crippen LogP contribution in [0.2, 0.25) is 0 Å². The van der Waals surface area contributed by atoms with Crippen molar-refractivity contribution >= 4 is 0 Å². The average Bonchev–Trinajstić information content (AvgIpc) is 2.43. The number of rotatable bonds is 8. The first kappa shape index (κ1) is 16.5. The van der Waals surface area contributed by atoms with E-state index in [-0.39, 0.29) is 13.1 Å². The number of hydrogen-bond donors (Lipinski definition) is 1. The van der Waals surface area contributed by atoms with Crippen LogP contribution in [0.5, 0.6) is 0 Å². The molecule has 0 aliphatic rings. The molecule has 1 aromatic rings. The van der Waals surface area contributed by atoms with Crippen molar-refractivity contribution in [2.75, 3.05) is 26.7 Å². The summed E-state index contributed by atoms with van der Waals surface area (Å²) in [7, 11) is 1.61. The van der Waals surface area contributed by atoms with Crippen LogP contribution in [0.15, 0.2) is 30.3 Å². The monoisotopic (exact) mass is 281 g/mol. The highest BCUT2D eigenvalue weighted by molar-refractivity contribution is 5.32. The Kier molecular flexibility index (Phi) is 6.56. The standard InChI is InChI=1S/C15H21F2N3/c1-3-9-19-15(11-18,12-20(2)10-14(16)17)13-7-5-4-6-8-13/h4-8,14,19H,3,9-10,12H2,1-2H3. The Morgan fingerprint density at radius 2 is 2.00 bits per heavy atom. The van der Waals surface area contributed by atoms with Crippen LogP contribution < -0.4 is 5.32 Å². The van der Waals surface area contributed by atoms with Crippen LogP contribution in [0.1, 0.15) is 18.9 Å². The van der Waals surface area contributed by atoms with E-state index in [0.717, 1.165) is 12.0 Å². The molecular weight excluding hydrogens is 260 g/mol. The Balaban J connectivity index is 2.97. The first-order valence-electron chi connectivity index (χ1n) is 6.72. The lowest BCUT2D eigenvalue weighted by Gasteiger charge is -2.32. The molecule has 0 amide bonds. The lowest BCUT2D eigenvalue weighted by atomic mass is 9.90. The summed E-state index contributed by atoms with van der Waals surface area (Å²) >= 11 is 0. The maximum Gasteiger partial charge on any atom is 0.251 e. The van der Waals surface area contributed by atoms with Gasteiger partial charge in [-0.2, -0.15) is 5.26 Å². The van der Waals surface area contributed by atoms with Crippen molar-refractivity contribution < 1.29 is 8.78 Å². The molecule has 0 saturated carbocycles. The quantitative estimate of drug-likeness (QED) is 0.796. The third-order valence-corrected chi connectivity index (χ3v) is 3.09. The van der Waals surface area contributed by atoms with Crippen LogP contribution >= 0.6 is 0 Å². The van der Waals surface area contributed by atoms with E-state index in [1.807, 2.05) is 37.3 Å². The average molecular weight is 281 g/mol. The zero-order valence-corrected chi connectivity index (χ0v) is 11.9. The Labute approximate surface area is 119 Å². The second kappa shape index (κ2) is 7.93. The molecule has 0 radical (unpaired) electrons. The second-order valence-electron chi connectivity index (χ2n) is 4.90. The summed E-state index contributed by atoms with van der Waals surface area (Å²) in [5.74, 6) is 0. The van der Waals surface area contributed by atoms with Gasteiger partial charge in [-0.1, -0.05) is 37.3 Å². The van der Waals surface area contributed by atoms with Gasteiger partial charge in [0.1, 0.15) is 5.54 Å². The van der Waals surface area contributed by atoms with Gasteiger partial charge in [0.05, 0.1) is 12.6 Å². The predicted molar refractivity (Wildman–Crippen MR) is 75.5 cm³/mol. The fourth-order valence-corrected chi connectivity index (χ4v) is 2.15. The third-order valence-electron chi connectivity index (χ3n) is 3.09. The van der Waals surface area contributed by atoms with E-state index in [1.165, 1.54) is 4.90 Å². The van der Waals surface area contributed by atoms with E-state index in [0.29, 0.717) is 6.54 Å². The van der Waals surface area contributed by atoms with Crippen molar-refractivity contribution in [3.8, 4) is 6.07 Å². The highest BCUT2D eigenvalue weighted by Crippen LogP contribution is 2.22. The lowest BCUT2D eigenvalue weighted by molar-refractivity contribution is 0.0904. The van der Waals surface area contributed by atoms with Crippen LogP contribution in [-0.4, -0.2) is 38.0 Å². The Bertz CT molecular complexity index is 430. The zero-order chi connectivity index (χ0) is 15.0. The van der Waals surface area contributed by atoms with E-state index in [2.05, 4.69) is 11.4 Å². The molecule has 0 saturated heterocycles. The van der Waals surface area contributed by atoms with Crippen LogP contribution in [0.4, 0.5) is 8.78 Å². The van der Waals surface area contributed by atoms with E-state index in [4.69, 9.17) is 0 Å². The fraction of sp³-hybridized carbons (Fsp3) is 0.533. The van der Waals surface area contributed by atoms with Gasteiger partial charge < -0.3 is 0 Å². The number of likely N-dealkylation sites (N-methyl/N-ethyl adjacent to an activating group) is 1. The minimum absolute atomic E-state index is 0.220. The topological polar surface area (TPSA) is 39.1 Å². The Morgan fingerprint density at radius 3 is 2.50 bits per heavy atom. The summed E-state index contributed by atoms with van der Waals surface area (Å²) in [4.78, 5) is 1.49. The predicted octanol–water partition coefficient (Wildman–Crippen LogP) is 2.60. The largest absolute Gasteiger partial charge is 0.298 e. The molecule has 5 heteroatoms. The van der Waals surface area contributed by atoms with E-state index in [9.17, 15) is 14.0 Å². The highest BCUT2D eigenvalue weighted by atomic mass is 19.3. The number of nitrogens with zero attached hydrogens (tertiary/aromatic N) is 2. The third kappa shape index (κ3) is 4.55. The summed E-state index contributed by atoms with van der Waals surface area (Å²) in [5, 5.41) is 12.8. The van der Waals surface area contributed by atoms with Gasteiger partial charge in [-0.15, -0.1) is 0 Å². The number of alkyl halides is 2. The van der Waals surface area contributed by atoms with Gasteiger partial charge in [0.25, 0.3) is 6.43 Å². The SMILES string of the molecule is CCCNC(C#N)(CN(C)CC(F)F)c1ccccc1. The van der Waals surface area contributed by atoms with Crippen molar-refractivity contribution in [2.45, 2.75) is 25.3 Å². The minimum atomic E-state index is -2.40. The number of benzene rings is 1. The number of halogens is 2. The van der Waals surface area contributed by atoms with Gasteiger partial charge in [0.15, 0.2) is 0 Å². The fourth-order valence-electron chi connectivity index (χ4n) is 2.15. The Morgan fingerprint density at radius 1 is 1.35 bits per heavy atom. The molecule has 1 rings (SSSR count). The normalized spacial score (nSPS) is 14.2. The molecule has 0 fully saturated rings. The minimum Gasteiger partial charge on any atom is -0.298 e. The molecule has 0 spiro atoms. The summed E-state index contributed by atoms with van der Waals surface area (Å²) in [6, 6.07) is 11.5. The van der Waals surface area contributed by atoms with E-state index in [1.54, 1.807) is 7.05 Å². The molecule has 0 heterocycles. The first-order chi connectivity index (χ1) is 9.54. The highest BCUT2D eigenvalue weighted by Gasteiger charge is 2.33. The lowest BCUT2D eigenvalue weighted by Crippen LogP contribution is -2.50. The van der Waals surface area contributed by atoms with Gasteiger partial charge in [0.2, 0.25) is 0 Å². The van der Waals surface area contributed by atoms with Gasteiger partial charge in [-0.25, -0.2) is 8.78 Å². The molecule has 0 aliphatic heterocycles. The molecule has 20 heavy (non-hydrogen) atoms. The van der Waals surface area contributed by atoms with Crippen molar-refractivity contribution in [1.82, 2.24) is 10.2 Å². The smallest absolute Gasteiger partial charge is 0.251 e. The zero-order valence-electron chi connectivity index (χ0n) is 11.9. The molecule has 3 nitrogen and oxygen atoms in total. The summed E-state index contributed by atoms with van der Waals surface area (Å²) in [6.07, 6.45) is -1.53. The molecule has 1 unspecified atom stereocenters. The maximum atomic E-state index is 12.5. The van der Waals surface area contributed by atoms with Gasteiger partial charge in [-0.05, 0) is 25.6 Å². The number of nitrogens with one attached hydrogen (secondary N) is 1. The van der Waals surface area contributed by atoms with Crippen molar-refractivity contribution in [2.24, 2.45) is 0 Å². The maximum absolute atomic E-state index is 12.5. The van der Waals surface area contributed by atoms with Crippen LogP contribution in [0.25, 0.3) is 0 Å². The molecular formula is C15H21F2N3. The molecule has 0 aromatic heterocycles. The Hall–Kier alpha value is -1.51. The van der Waals surface area contributed by atoms with Crippen molar-refractivity contribution in [1.29, 1.82) is 5.26 Å². The van der Waals surface area contributed by atoms with E-state index >= 15 is 0 Å². The molecule has 0 aliphatic carbocycles. The molecule has 0 bridgehead atoms. The van der Waals surface area contributed by atoms with Crippen LogP contribution in [-0.2, 0) is 5.54 Å². The second-order valence-corrected chi connectivity index (χ2v) is 4.90. The van der Waals surface area contributed by atoms with E-state index < -0.39 is 12.0 Å². The van der Waals surface area contributed by atoms with Crippen molar-refractivity contribution in [3.63, 3.8) is 0 Å². The summed E-state index contributed by atoms with van der Waals surface area (Å²) in [6.45, 7) is 2.54. The van der Waals surface area contributed by atoms with Crippen LogP contribution in [0, 0.1) is 11.3 Å². The molecule has 1 N–H and O–H groups in total. The number of hydrogen-bond acceptors (Lipinski definition) is 3. The molecule has 1 aromatic carbocycles. The van der Waals surface area contributed by atoms with Gasteiger partial charge in [0, 0.05) is 6.54 Å². The van der Waals surface area contributed by atoms with Crippen molar-refractivity contribution in [3.05, 3.63) is 35.9 Å². The summed E-state index contributed by atoms with van der Waals surface area (Å²) < 4.78 is 24.9. The van der Waals surface area contributed by atoms with Crippen LogP contribution in [0.3, 0.4) is 0 Å². The molecule has 110 valence electrons. The molecule has 1 atom stereocenters. The summed E-state index contributed by atoms with van der Waals surface area (Å²) in [5.41, 5.74) is -0.155. The van der Waals surface area contributed by atoms with Gasteiger partial charge in [-0.3, -0.25) is 10.2 Å². The number of nitriles is 1.